The molecule has 0 bridgehead atoms. The molecule has 1 N–H and O–H groups in total. The van der Waals surface area contributed by atoms with E-state index in [0.29, 0.717) is 6.04 Å². The van der Waals surface area contributed by atoms with Gasteiger partial charge in [0, 0.05) is 25.0 Å². The Bertz CT molecular complexity index is 528. The molecule has 1 fully saturated rings. The lowest BCUT2D eigenvalue weighted by atomic mass is 10.2. The van der Waals surface area contributed by atoms with Crippen molar-refractivity contribution in [2.75, 3.05) is 5.32 Å². The third kappa shape index (κ3) is 2.50. The monoisotopic (exact) mass is 259 g/mol. The van der Waals surface area contributed by atoms with Crippen LogP contribution in [0.4, 0.5) is 5.82 Å². The van der Waals surface area contributed by atoms with E-state index in [0.717, 1.165) is 18.1 Å². The molecule has 0 radical (unpaired) electrons. The smallest absolute Gasteiger partial charge is 0.148 e. The van der Waals surface area contributed by atoms with Gasteiger partial charge in [0.2, 0.25) is 0 Å². The first kappa shape index (κ1) is 12.3. The highest BCUT2D eigenvalue weighted by Gasteiger charge is 2.19. The maximum absolute atomic E-state index is 4.48. The van der Waals surface area contributed by atoms with Gasteiger partial charge in [-0.25, -0.2) is 0 Å². The lowest BCUT2D eigenvalue weighted by Gasteiger charge is -2.14. The predicted molar refractivity (Wildman–Crippen MR) is 75.0 cm³/mol. The van der Waals surface area contributed by atoms with Crippen LogP contribution in [0.15, 0.2) is 18.3 Å². The van der Waals surface area contributed by atoms with Gasteiger partial charge in [-0.2, -0.15) is 10.2 Å². The molecule has 1 aliphatic rings. The fraction of sp³-hybridized carbons (Fsp3) is 0.571. The van der Waals surface area contributed by atoms with Crippen molar-refractivity contribution < 1.29 is 0 Å². The van der Waals surface area contributed by atoms with Crippen LogP contribution in [0, 0.1) is 6.92 Å². The van der Waals surface area contributed by atoms with E-state index >= 15 is 0 Å². The lowest BCUT2D eigenvalue weighted by molar-refractivity contribution is 0.452. The Kier molecular flexibility index (Phi) is 3.27. The summed E-state index contributed by atoms with van der Waals surface area (Å²) in [6.45, 7) is 2.84. The molecular formula is C14H21N5. The topological polar surface area (TPSA) is 47.7 Å². The Hall–Kier alpha value is -1.78. The molecule has 0 spiro atoms. The molecular weight excluding hydrogens is 238 g/mol. The quantitative estimate of drug-likeness (QED) is 0.918. The highest BCUT2D eigenvalue weighted by Crippen LogP contribution is 2.29. The summed E-state index contributed by atoms with van der Waals surface area (Å²) >= 11 is 0. The van der Waals surface area contributed by atoms with Gasteiger partial charge in [-0.05, 0) is 25.8 Å². The fourth-order valence-electron chi connectivity index (χ4n) is 2.79. The van der Waals surface area contributed by atoms with Crippen LogP contribution in [0.25, 0.3) is 0 Å². The lowest BCUT2D eigenvalue weighted by Crippen LogP contribution is -2.13. The second-order valence-electron chi connectivity index (χ2n) is 5.35. The number of nitrogens with one attached hydrogen (secondary N) is 1. The molecule has 102 valence electrons. The zero-order valence-corrected chi connectivity index (χ0v) is 11.6. The van der Waals surface area contributed by atoms with Gasteiger partial charge >= 0.3 is 0 Å². The minimum atomic E-state index is 0.595. The zero-order chi connectivity index (χ0) is 13.2. The van der Waals surface area contributed by atoms with E-state index in [9.17, 15) is 0 Å². The first-order chi connectivity index (χ1) is 9.24. The van der Waals surface area contributed by atoms with Gasteiger partial charge in [-0.1, -0.05) is 12.8 Å². The van der Waals surface area contributed by atoms with Crippen molar-refractivity contribution in [3.8, 4) is 0 Å². The van der Waals surface area contributed by atoms with Crippen LogP contribution in [-0.4, -0.2) is 19.6 Å². The molecule has 0 aliphatic heterocycles. The third-order valence-corrected chi connectivity index (χ3v) is 3.99. The standard InChI is InChI=1S/C14H21N5/c1-11-9-14(17-18(11)2)15-10-13-7-8-16-19(13)12-5-3-4-6-12/h7-9,12H,3-6,10H2,1-2H3,(H,15,17). The number of aromatic nitrogens is 4. The molecule has 1 aliphatic carbocycles. The highest BCUT2D eigenvalue weighted by molar-refractivity contribution is 5.36. The third-order valence-electron chi connectivity index (χ3n) is 3.99. The average molecular weight is 259 g/mol. The number of rotatable bonds is 4. The molecule has 2 heterocycles. The summed E-state index contributed by atoms with van der Waals surface area (Å²) in [5.41, 5.74) is 2.40. The van der Waals surface area contributed by atoms with E-state index in [4.69, 9.17) is 0 Å². The molecule has 3 rings (SSSR count). The first-order valence-electron chi connectivity index (χ1n) is 7.01. The van der Waals surface area contributed by atoms with E-state index in [1.165, 1.54) is 31.4 Å². The number of hydrogen-bond acceptors (Lipinski definition) is 3. The van der Waals surface area contributed by atoms with Gasteiger partial charge < -0.3 is 5.32 Å². The number of hydrogen-bond donors (Lipinski definition) is 1. The summed E-state index contributed by atoms with van der Waals surface area (Å²) in [7, 11) is 1.96. The fourth-order valence-corrected chi connectivity index (χ4v) is 2.79. The Morgan fingerprint density at radius 3 is 2.84 bits per heavy atom. The van der Waals surface area contributed by atoms with Crippen LogP contribution in [0.5, 0.6) is 0 Å². The molecule has 0 aromatic carbocycles. The van der Waals surface area contributed by atoms with Crippen LogP contribution >= 0.6 is 0 Å². The molecule has 5 heteroatoms. The molecule has 5 nitrogen and oxygen atoms in total. The highest BCUT2D eigenvalue weighted by atomic mass is 15.3. The molecule has 0 amide bonds. The van der Waals surface area contributed by atoms with Gasteiger partial charge in [0.25, 0.3) is 0 Å². The maximum Gasteiger partial charge on any atom is 0.148 e. The van der Waals surface area contributed by atoms with Gasteiger partial charge in [0.1, 0.15) is 5.82 Å². The van der Waals surface area contributed by atoms with Gasteiger partial charge in [-0.15, -0.1) is 0 Å². The van der Waals surface area contributed by atoms with Crippen molar-refractivity contribution in [3.63, 3.8) is 0 Å². The molecule has 0 atom stereocenters. The Morgan fingerprint density at radius 1 is 1.37 bits per heavy atom. The van der Waals surface area contributed by atoms with Crippen LogP contribution in [0.3, 0.4) is 0 Å². The molecule has 1 saturated carbocycles. The maximum atomic E-state index is 4.48. The van der Waals surface area contributed by atoms with Crippen molar-refractivity contribution in [3.05, 3.63) is 29.7 Å². The second-order valence-corrected chi connectivity index (χ2v) is 5.35. The van der Waals surface area contributed by atoms with Crippen molar-refractivity contribution in [1.82, 2.24) is 19.6 Å². The summed E-state index contributed by atoms with van der Waals surface area (Å²) in [6, 6.07) is 4.76. The number of nitrogens with zero attached hydrogens (tertiary/aromatic N) is 4. The molecule has 2 aromatic rings. The Morgan fingerprint density at radius 2 is 2.16 bits per heavy atom. The van der Waals surface area contributed by atoms with E-state index < -0.39 is 0 Å². The summed E-state index contributed by atoms with van der Waals surface area (Å²) in [5.74, 6) is 0.930. The summed E-state index contributed by atoms with van der Waals surface area (Å²) in [4.78, 5) is 0. The summed E-state index contributed by atoms with van der Waals surface area (Å²) in [6.07, 6.45) is 7.08. The molecule has 19 heavy (non-hydrogen) atoms. The van der Waals surface area contributed by atoms with Crippen LogP contribution in [0.1, 0.15) is 43.1 Å². The molecule has 0 saturated heterocycles. The van der Waals surface area contributed by atoms with Crippen LogP contribution in [0.2, 0.25) is 0 Å². The Labute approximate surface area is 113 Å². The Balaban J connectivity index is 1.68. The molecule has 0 unspecified atom stereocenters. The minimum absolute atomic E-state index is 0.595. The van der Waals surface area contributed by atoms with Crippen LogP contribution < -0.4 is 5.32 Å². The van der Waals surface area contributed by atoms with E-state index in [-0.39, 0.29) is 0 Å². The number of aryl methyl sites for hydroxylation is 2. The van der Waals surface area contributed by atoms with Gasteiger partial charge in [0.15, 0.2) is 0 Å². The predicted octanol–water partition coefficient (Wildman–Crippen LogP) is 2.65. The van der Waals surface area contributed by atoms with Crippen LogP contribution in [-0.2, 0) is 13.6 Å². The van der Waals surface area contributed by atoms with Crippen molar-refractivity contribution in [2.45, 2.75) is 45.2 Å². The number of anilines is 1. The average Bonchev–Trinajstić information content (AvgIpc) is 3.09. The normalized spacial score (nSPS) is 16.1. The first-order valence-corrected chi connectivity index (χ1v) is 7.01. The van der Waals surface area contributed by atoms with Gasteiger partial charge in [0.05, 0.1) is 18.3 Å². The van der Waals surface area contributed by atoms with E-state index in [1.807, 2.05) is 17.9 Å². The zero-order valence-electron chi connectivity index (χ0n) is 11.6. The molecule has 2 aromatic heterocycles. The SMILES string of the molecule is Cc1cc(NCc2ccnn2C2CCCC2)nn1C. The largest absolute Gasteiger partial charge is 0.363 e. The van der Waals surface area contributed by atoms with E-state index in [1.54, 1.807) is 0 Å². The summed E-state index contributed by atoms with van der Waals surface area (Å²) < 4.78 is 4.08. The second kappa shape index (κ2) is 5.07. The van der Waals surface area contributed by atoms with Gasteiger partial charge in [-0.3, -0.25) is 9.36 Å². The summed E-state index contributed by atoms with van der Waals surface area (Å²) in [5, 5.41) is 12.3. The van der Waals surface area contributed by atoms with Crippen molar-refractivity contribution in [1.29, 1.82) is 0 Å². The van der Waals surface area contributed by atoms with E-state index in [2.05, 4.69) is 39.3 Å². The van der Waals surface area contributed by atoms with Crippen molar-refractivity contribution >= 4 is 5.82 Å². The minimum Gasteiger partial charge on any atom is -0.363 e. The van der Waals surface area contributed by atoms with Crippen molar-refractivity contribution in [2.24, 2.45) is 7.05 Å².